The maximum atomic E-state index is 2.30. The van der Waals surface area contributed by atoms with Crippen LogP contribution in [-0.2, 0) is 6.42 Å². The Kier molecular flexibility index (Phi) is 4.16. The van der Waals surface area contributed by atoms with Crippen molar-refractivity contribution in [3.8, 4) is 0 Å². The van der Waals surface area contributed by atoms with Crippen LogP contribution in [0.2, 0.25) is 0 Å². The lowest BCUT2D eigenvalue weighted by Gasteiger charge is -2.11. The summed E-state index contributed by atoms with van der Waals surface area (Å²) in [6.45, 7) is 2.13. The summed E-state index contributed by atoms with van der Waals surface area (Å²) in [5.41, 5.74) is 6.73. The number of aryl methyl sites for hydroxylation is 1. The quantitative estimate of drug-likeness (QED) is 0.693. The Morgan fingerprint density at radius 1 is 0.905 bits per heavy atom. The van der Waals surface area contributed by atoms with E-state index in [0.717, 1.165) is 12.8 Å². The van der Waals surface area contributed by atoms with Crippen LogP contribution in [0.3, 0.4) is 0 Å². The molecule has 1 aliphatic rings. The van der Waals surface area contributed by atoms with Crippen molar-refractivity contribution in [2.45, 2.75) is 19.8 Å². The van der Waals surface area contributed by atoms with E-state index in [0.29, 0.717) is 0 Å². The fourth-order valence-corrected chi connectivity index (χ4v) is 2.66. The fraction of sp³-hybridized carbons (Fsp3) is 0.143. The molecule has 0 radical (unpaired) electrons. The van der Waals surface area contributed by atoms with Crippen LogP contribution in [0.4, 0.5) is 0 Å². The van der Waals surface area contributed by atoms with Gasteiger partial charge in [0, 0.05) is 0 Å². The van der Waals surface area contributed by atoms with E-state index in [1.54, 1.807) is 0 Å². The van der Waals surface area contributed by atoms with Crippen LogP contribution < -0.4 is 0 Å². The molecular weight excluding hydrogens is 252 g/mol. The van der Waals surface area contributed by atoms with Gasteiger partial charge in [0.15, 0.2) is 0 Å². The first-order chi connectivity index (χ1) is 10.3. The zero-order valence-corrected chi connectivity index (χ0v) is 12.4. The standard InChI is InChI=1S/C21H20/c1-17-12-14-18(15-13-17)16-20-10-6-7-11-21(20)19-8-4-2-3-5-9-19/h2-4,6-15H,5,16H2,1H3. The fourth-order valence-electron chi connectivity index (χ4n) is 2.66. The molecule has 0 saturated carbocycles. The van der Waals surface area contributed by atoms with Gasteiger partial charge in [-0.1, -0.05) is 84.5 Å². The molecular formula is C21H20. The summed E-state index contributed by atoms with van der Waals surface area (Å²) in [6, 6.07) is 17.6. The molecule has 0 fully saturated rings. The van der Waals surface area contributed by atoms with Gasteiger partial charge in [0.05, 0.1) is 0 Å². The van der Waals surface area contributed by atoms with Crippen LogP contribution in [0.25, 0.3) is 5.57 Å². The van der Waals surface area contributed by atoms with Gasteiger partial charge in [0.2, 0.25) is 0 Å². The van der Waals surface area contributed by atoms with Crippen LogP contribution >= 0.6 is 0 Å². The smallest absolute Gasteiger partial charge is 0.00196 e. The van der Waals surface area contributed by atoms with Crippen molar-refractivity contribution in [2.75, 3.05) is 0 Å². The van der Waals surface area contributed by atoms with Gasteiger partial charge < -0.3 is 0 Å². The summed E-state index contributed by atoms with van der Waals surface area (Å²) < 4.78 is 0. The van der Waals surface area contributed by atoms with Crippen molar-refractivity contribution in [2.24, 2.45) is 0 Å². The van der Waals surface area contributed by atoms with Gasteiger partial charge in [0.25, 0.3) is 0 Å². The number of allylic oxidation sites excluding steroid dienone is 6. The molecule has 21 heavy (non-hydrogen) atoms. The van der Waals surface area contributed by atoms with Crippen LogP contribution in [0.1, 0.15) is 28.7 Å². The van der Waals surface area contributed by atoms with Crippen LogP contribution in [0.5, 0.6) is 0 Å². The van der Waals surface area contributed by atoms with Gasteiger partial charge in [-0.2, -0.15) is 0 Å². The van der Waals surface area contributed by atoms with Crippen molar-refractivity contribution in [1.82, 2.24) is 0 Å². The second-order valence-corrected chi connectivity index (χ2v) is 5.50. The second kappa shape index (κ2) is 6.41. The van der Waals surface area contributed by atoms with Crippen molar-refractivity contribution < 1.29 is 0 Å². The second-order valence-electron chi connectivity index (χ2n) is 5.50. The Balaban J connectivity index is 1.92. The van der Waals surface area contributed by atoms with Crippen LogP contribution in [0, 0.1) is 6.92 Å². The molecule has 0 spiro atoms. The van der Waals surface area contributed by atoms with E-state index >= 15 is 0 Å². The predicted molar refractivity (Wildman–Crippen MR) is 91.3 cm³/mol. The maximum absolute atomic E-state index is 2.30. The molecule has 0 heterocycles. The molecule has 2 aromatic rings. The van der Waals surface area contributed by atoms with Crippen molar-refractivity contribution >= 4 is 5.57 Å². The number of benzene rings is 2. The predicted octanol–water partition coefficient (Wildman–Crippen LogP) is 5.49. The molecule has 0 nitrogen and oxygen atoms in total. The topological polar surface area (TPSA) is 0 Å². The molecule has 0 unspecified atom stereocenters. The molecule has 1 aliphatic carbocycles. The summed E-state index contributed by atoms with van der Waals surface area (Å²) in [4.78, 5) is 0. The molecule has 0 aliphatic heterocycles. The summed E-state index contributed by atoms with van der Waals surface area (Å²) in [7, 11) is 0. The van der Waals surface area contributed by atoms with Gasteiger partial charge in [-0.25, -0.2) is 0 Å². The zero-order chi connectivity index (χ0) is 14.5. The van der Waals surface area contributed by atoms with E-state index in [1.807, 2.05) is 0 Å². The largest absolute Gasteiger partial charge is 0.0807 e. The highest BCUT2D eigenvalue weighted by molar-refractivity contribution is 5.77. The minimum atomic E-state index is 0.981. The Hall–Kier alpha value is -2.34. The Morgan fingerprint density at radius 2 is 1.71 bits per heavy atom. The SMILES string of the molecule is Cc1ccc(Cc2ccccc2C2=CCC=CC=C2)cc1. The van der Waals surface area contributed by atoms with Gasteiger partial charge in [0.1, 0.15) is 0 Å². The number of rotatable bonds is 3. The highest BCUT2D eigenvalue weighted by Crippen LogP contribution is 2.24. The third-order valence-corrected chi connectivity index (χ3v) is 3.84. The molecule has 3 rings (SSSR count). The van der Waals surface area contributed by atoms with Crippen molar-refractivity contribution in [1.29, 1.82) is 0 Å². The van der Waals surface area contributed by atoms with Crippen molar-refractivity contribution in [3.05, 3.63) is 101 Å². The van der Waals surface area contributed by atoms with Gasteiger partial charge in [-0.3, -0.25) is 0 Å². The highest BCUT2D eigenvalue weighted by atomic mass is 14.1. The van der Waals surface area contributed by atoms with E-state index in [2.05, 4.69) is 85.8 Å². The average molecular weight is 272 g/mol. The van der Waals surface area contributed by atoms with Gasteiger partial charge >= 0.3 is 0 Å². The van der Waals surface area contributed by atoms with Crippen LogP contribution in [-0.4, -0.2) is 0 Å². The third kappa shape index (κ3) is 3.41. The molecule has 0 N–H and O–H groups in total. The van der Waals surface area contributed by atoms with E-state index < -0.39 is 0 Å². The van der Waals surface area contributed by atoms with E-state index in [1.165, 1.54) is 27.8 Å². The third-order valence-electron chi connectivity index (χ3n) is 3.84. The number of hydrogen-bond acceptors (Lipinski definition) is 0. The average Bonchev–Trinajstić information content (AvgIpc) is 2.79. The Bertz CT molecular complexity index is 697. The lowest BCUT2D eigenvalue weighted by Crippen LogP contribution is -1.94. The number of hydrogen-bond donors (Lipinski definition) is 0. The minimum Gasteiger partial charge on any atom is -0.0807 e. The first kappa shape index (κ1) is 13.6. The summed E-state index contributed by atoms with van der Waals surface area (Å²) in [5.74, 6) is 0. The Morgan fingerprint density at radius 3 is 2.57 bits per heavy atom. The molecule has 0 amide bonds. The van der Waals surface area contributed by atoms with Crippen molar-refractivity contribution in [3.63, 3.8) is 0 Å². The van der Waals surface area contributed by atoms with Gasteiger partial charge in [-0.05, 0) is 42.0 Å². The van der Waals surface area contributed by atoms with Crippen LogP contribution in [0.15, 0.2) is 78.9 Å². The molecule has 0 saturated heterocycles. The lowest BCUT2D eigenvalue weighted by atomic mass is 9.94. The maximum Gasteiger partial charge on any atom is -0.00196 e. The Labute approximate surface area is 127 Å². The summed E-state index contributed by atoms with van der Waals surface area (Å²) in [6.07, 6.45) is 12.9. The molecule has 2 aromatic carbocycles. The van der Waals surface area contributed by atoms with Gasteiger partial charge in [-0.15, -0.1) is 0 Å². The van der Waals surface area contributed by atoms with E-state index in [4.69, 9.17) is 0 Å². The monoisotopic (exact) mass is 272 g/mol. The van der Waals surface area contributed by atoms with E-state index in [-0.39, 0.29) is 0 Å². The minimum absolute atomic E-state index is 0.981. The molecule has 0 bridgehead atoms. The first-order valence-corrected chi connectivity index (χ1v) is 7.50. The lowest BCUT2D eigenvalue weighted by molar-refractivity contribution is 1.17. The highest BCUT2D eigenvalue weighted by Gasteiger charge is 2.06. The first-order valence-electron chi connectivity index (χ1n) is 7.50. The molecule has 0 atom stereocenters. The molecule has 104 valence electrons. The normalized spacial score (nSPS) is 13.9. The summed E-state index contributed by atoms with van der Waals surface area (Å²) in [5, 5.41) is 0. The van der Waals surface area contributed by atoms with E-state index in [9.17, 15) is 0 Å². The molecule has 0 heteroatoms. The molecule has 0 aromatic heterocycles. The summed E-state index contributed by atoms with van der Waals surface area (Å²) >= 11 is 0. The zero-order valence-electron chi connectivity index (χ0n) is 12.4.